The molecule has 138 valence electrons. The Kier molecular flexibility index (Phi) is 6.95. The standard InChI is InChI=1S/C17H23NO6S/c1-23-17(20)13-24-16(19)10-7-14-5-8-15(9-6-14)25(21,22)18-11-3-2-4-12-18/h5-6,8-9H,2-4,7,10-13H2,1H3. The second kappa shape index (κ2) is 8.96. The quantitative estimate of drug-likeness (QED) is 0.677. The predicted octanol–water partition coefficient (Wildman–Crippen LogP) is 1.51. The van der Waals surface area contributed by atoms with Crippen molar-refractivity contribution in [2.24, 2.45) is 0 Å². The van der Waals surface area contributed by atoms with Gasteiger partial charge in [-0.2, -0.15) is 4.31 Å². The molecular weight excluding hydrogens is 346 g/mol. The minimum atomic E-state index is -3.44. The van der Waals surface area contributed by atoms with E-state index in [0.717, 1.165) is 24.8 Å². The summed E-state index contributed by atoms with van der Waals surface area (Å²) >= 11 is 0. The van der Waals surface area contributed by atoms with Gasteiger partial charge in [-0.05, 0) is 37.0 Å². The molecule has 1 aromatic carbocycles. The van der Waals surface area contributed by atoms with Gasteiger partial charge < -0.3 is 9.47 Å². The first-order chi connectivity index (χ1) is 11.9. The van der Waals surface area contributed by atoms with Gasteiger partial charge in [0.05, 0.1) is 12.0 Å². The zero-order chi connectivity index (χ0) is 18.3. The largest absolute Gasteiger partial charge is 0.466 e. The highest BCUT2D eigenvalue weighted by molar-refractivity contribution is 7.89. The number of esters is 2. The van der Waals surface area contributed by atoms with Crippen molar-refractivity contribution in [1.82, 2.24) is 4.31 Å². The summed E-state index contributed by atoms with van der Waals surface area (Å²) in [6, 6.07) is 6.53. The Labute approximate surface area is 148 Å². The van der Waals surface area contributed by atoms with Crippen LogP contribution < -0.4 is 0 Å². The smallest absolute Gasteiger partial charge is 0.344 e. The van der Waals surface area contributed by atoms with E-state index >= 15 is 0 Å². The fourth-order valence-corrected chi connectivity index (χ4v) is 4.12. The van der Waals surface area contributed by atoms with Crippen LogP contribution in [0.25, 0.3) is 0 Å². The molecule has 0 amide bonds. The molecule has 0 radical (unpaired) electrons. The summed E-state index contributed by atoms with van der Waals surface area (Å²) in [7, 11) is -2.22. The Bertz CT molecular complexity index is 692. The molecule has 2 rings (SSSR count). The van der Waals surface area contributed by atoms with Crippen LogP contribution in [0.4, 0.5) is 0 Å². The zero-order valence-corrected chi connectivity index (χ0v) is 15.1. The Balaban J connectivity index is 1.89. The number of hydrogen-bond acceptors (Lipinski definition) is 6. The van der Waals surface area contributed by atoms with Crippen LogP contribution >= 0.6 is 0 Å². The summed E-state index contributed by atoms with van der Waals surface area (Å²) in [5, 5.41) is 0. The molecule has 0 unspecified atom stereocenters. The molecule has 0 N–H and O–H groups in total. The Morgan fingerprint density at radius 1 is 1.04 bits per heavy atom. The van der Waals surface area contributed by atoms with E-state index in [4.69, 9.17) is 4.74 Å². The third-order valence-corrected chi connectivity index (χ3v) is 5.99. The molecular formula is C17H23NO6S. The molecule has 1 saturated heterocycles. The molecule has 0 saturated carbocycles. The molecule has 25 heavy (non-hydrogen) atoms. The van der Waals surface area contributed by atoms with E-state index in [1.54, 1.807) is 24.3 Å². The first kappa shape index (κ1) is 19.4. The van der Waals surface area contributed by atoms with Crippen molar-refractivity contribution in [2.45, 2.75) is 37.0 Å². The van der Waals surface area contributed by atoms with E-state index < -0.39 is 28.6 Å². The average molecular weight is 369 g/mol. The number of methoxy groups -OCH3 is 1. The number of benzene rings is 1. The first-order valence-electron chi connectivity index (χ1n) is 8.25. The van der Waals surface area contributed by atoms with Crippen molar-refractivity contribution >= 4 is 22.0 Å². The number of sulfonamides is 1. The molecule has 1 aliphatic rings. The molecule has 1 aromatic rings. The fraction of sp³-hybridized carbons (Fsp3) is 0.529. The van der Waals surface area contributed by atoms with Gasteiger partial charge in [-0.1, -0.05) is 18.6 Å². The monoisotopic (exact) mass is 369 g/mol. The molecule has 0 spiro atoms. The van der Waals surface area contributed by atoms with Crippen LogP contribution in [0.2, 0.25) is 0 Å². The van der Waals surface area contributed by atoms with Crippen molar-refractivity contribution in [1.29, 1.82) is 0 Å². The number of nitrogens with zero attached hydrogens (tertiary/aromatic N) is 1. The van der Waals surface area contributed by atoms with Crippen molar-refractivity contribution in [3.05, 3.63) is 29.8 Å². The lowest BCUT2D eigenvalue weighted by Gasteiger charge is -2.25. The van der Waals surface area contributed by atoms with Gasteiger partial charge in [0.15, 0.2) is 6.61 Å². The van der Waals surface area contributed by atoms with Crippen molar-refractivity contribution < 1.29 is 27.5 Å². The maximum atomic E-state index is 12.6. The second-order valence-corrected chi connectivity index (χ2v) is 7.78. The number of rotatable bonds is 7. The highest BCUT2D eigenvalue weighted by atomic mass is 32.2. The number of hydrogen-bond donors (Lipinski definition) is 0. The van der Waals surface area contributed by atoms with Crippen molar-refractivity contribution in [3.63, 3.8) is 0 Å². The second-order valence-electron chi connectivity index (χ2n) is 5.85. The number of carbonyl (C=O) groups is 2. The summed E-state index contributed by atoms with van der Waals surface area (Å²) in [4.78, 5) is 22.7. The number of piperidine rings is 1. The number of ether oxygens (including phenoxy) is 2. The third kappa shape index (κ3) is 5.54. The van der Waals surface area contributed by atoms with E-state index in [-0.39, 0.29) is 11.3 Å². The minimum absolute atomic E-state index is 0.106. The van der Waals surface area contributed by atoms with Gasteiger partial charge in [-0.15, -0.1) is 0 Å². The summed E-state index contributed by atoms with van der Waals surface area (Å²) in [5.74, 6) is -1.11. The van der Waals surface area contributed by atoms with Crippen LogP contribution in [-0.2, 0) is 35.5 Å². The van der Waals surface area contributed by atoms with Crippen LogP contribution in [-0.4, -0.2) is 51.5 Å². The van der Waals surface area contributed by atoms with Gasteiger partial charge in [-0.25, -0.2) is 13.2 Å². The van der Waals surface area contributed by atoms with Crippen LogP contribution in [0.1, 0.15) is 31.2 Å². The maximum Gasteiger partial charge on any atom is 0.344 e. The molecule has 1 heterocycles. The Morgan fingerprint density at radius 3 is 2.28 bits per heavy atom. The molecule has 7 nitrogen and oxygen atoms in total. The highest BCUT2D eigenvalue weighted by Crippen LogP contribution is 2.21. The van der Waals surface area contributed by atoms with E-state index in [9.17, 15) is 18.0 Å². The van der Waals surface area contributed by atoms with Gasteiger partial charge in [0, 0.05) is 19.5 Å². The van der Waals surface area contributed by atoms with E-state index in [1.807, 2.05) is 0 Å². The van der Waals surface area contributed by atoms with E-state index in [2.05, 4.69) is 4.74 Å². The van der Waals surface area contributed by atoms with Gasteiger partial charge >= 0.3 is 11.9 Å². The Hall–Kier alpha value is -1.93. The van der Waals surface area contributed by atoms with Crippen LogP contribution in [0.3, 0.4) is 0 Å². The molecule has 0 aromatic heterocycles. The lowest BCUT2D eigenvalue weighted by atomic mass is 10.1. The summed E-state index contributed by atoms with van der Waals surface area (Å²) in [6.07, 6.45) is 3.37. The SMILES string of the molecule is COC(=O)COC(=O)CCc1ccc(S(=O)(=O)N2CCCCC2)cc1. The third-order valence-electron chi connectivity index (χ3n) is 4.07. The van der Waals surface area contributed by atoms with Crippen LogP contribution in [0, 0.1) is 0 Å². The topological polar surface area (TPSA) is 90.0 Å². The Morgan fingerprint density at radius 2 is 1.68 bits per heavy atom. The summed E-state index contributed by atoms with van der Waals surface area (Å²) in [5.41, 5.74) is 0.826. The van der Waals surface area contributed by atoms with Gasteiger partial charge in [0.2, 0.25) is 10.0 Å². The van der Waals surface area contributed by atoms with Crippen LogP contribution in [0.5, 0.6) is 0 Å². The summed E-state index contributed by atoms with van der Waals surface area (Å²) in [6.45, 7) is 0.731. The van der Waals surface area contributed by atoms with E-state index in [1.165, 1.54) is 11.4 Å². The highest BCUT2D eigenvalue weighted by Gasteiger charge is 2.25. The average Bonchev–Trinajstić information content (AvgIpc) is 2.65. The van der Waals surface area contributed by atoms with Gasteiger partial charge in [-0.3, -0.25) is 4.79 Å². The minimum Gasteiger partial charge on any atom is -0.466 e. The molecule has 0 bridgehead atoms. The van der Waals surface area contributed by atoms with Gasteiger partial charge in [0.1, 0.15) is 0 Å². The zero-order valence-electron chi connectivity index (χ0n) is 14.3. The molecule has 0 aliphatic carbocycles. The van der Waals surface area contributed by atoms with Gasteiger partial charge in [0.25, 0.3) is 0 Å². The lowest BCUT2D eigenvalue weighted by Crippen LogP contribution is -2.35. The molecule has 1 aliphatic heterocycles. The number of carbonyl (C=O) groups excluding carboxylic acids is 2. The number of aryl methyl sites for hydroxylation is 1. The van der Waals surface area contributed by atoms with Crippen molar-refractivity contribution in [2.75, 3.05) is 26.8 Å². The fourth-order valence-electron chi connectivity index (χ4n) is 2.60. The first-order valence-corrected chi connectivity index (χ1v) is 9.69. The normalized spacial score (nSPS) is 15.6. The maximum absolute atomic E-state index is 12.6. The molecule has 1 fully saturated rings. The van der Waals surface area contributed by atoms with Crippen LogP contribution in [0.15, 0.2) is 29.2 Å². The van der Waals surface area contributed by atoms with Crippen molar-refractivity contribution in [3.8, 4) is 0 Å². The lowest BCUT2D eigenvalue weighted by molar-refractivity contribution is -0.156. The summed E-state index contributed by atoms with van der Waals surface area (Å²) < 4.78 is 35.8. The predicted molar refractivity (Wildman–Crippen MR) is 90.3 cm³/mol. The molecule has 8 heteroatoms. The van der Waals surface area contributed by atoms with E-state index in [0.29, 0.717) is 19.5 Å². The molecule has 0 atom stereocenters.